The molecule has 0 aliphatic heterocycles. The molecule has 1 aromatic carbocycles. The van der Waals surface area contributed by atoms with Gasteiger partial charge < -0.3 is 5.73 Å². The third kappa shape index (κ3) is 3.45. The van der Waals surface area contributed by atoms with Crippen LogP contribution < -0.4 is 5.73 Å². The lowest BCUT2D eigenvalue weighted by Gasteiger charge is -2.26. The molecule has 118 valence electrons. The van der Waals surface area contributed by atoms with Crippen molar-refractivity contribution in [2.24, 2.45) is 11.7 Å². The van der Waals surface area contributed by atoms with E-state index in [-0.39, 0.29) is 22.4 Å². The molecule has 1 fully saturated rings. The van der Waals surface area contributed by atoms with E-state index >= 15 is 0 Å². The lowest BCUT2D eigenvalue weighted by atomic mass is 10.2. The molecular formula is C13H20N2O4S2. The Morgan fingerprint density at radius 2 is 1.62 bits per heavy atom. The molecule has 0 radical (unpaired) electrons. The molecule has 0 heterocycles. The SMILES string of the molecule is CN(C(CN)C1CC1)S(=O)(=O)c1ccc(S(C)(=O)=O)cc1. The number of benzene rings is 1. The van der Waals surface area contributed by atoms with Gasteiger partial charge in [-0.25, -0.2) is 16.8 Å². The minimum atomic E-state index is -3.66. The third-order valence-electron chi connectivity index (χ3n) is 3.80. The van der Waals surface area contributed by atoms with Gasteiger partial charge in [-0.3, -0.25) is 0 Å². The molecule has 0 spiro atoms. The normalized spacial score (nSPS) is 17.9. The third-order valence-corrected chi connectivity index (χ3v) is 6.83. The summed E-state index contributed by atoms with van der Waals surface area (Å²) in [7, 11) is -5.47. The quantitative estimate of drug-likeness (QED) is 0.815. The van der Waals surface area contributed by atoms with Crippen molar-refractivity contribution in [2.45, 2.75) is 28.7 Å². The van der Waals surface area contributed by atoms with Crippen LogP contribution >= 0.6 is 0 Å². The topological polar surface area (TPSA) is 97.5 Å². The number of sulfone groups is 1. The average Bonchev–Trinajstić information content (AvgIpc) is 3.23. The van der Waals surface area contributed by atoms with Crippen LogP contribution in [0.15, 0.2) is 34.1 Å². The highest BCUT2D eigenvalue weighted by Gasteiger charge is 2.38. The number of nitrogens with zero attached hydrogens (tertiary/aromatic N) is 1. The number of sulfonamides is 1. The minimum Gasteiger partial charge on any atom is -0.329 e. The Hall–Kier alpha value is -0.960. The maximum Gasteiger partial charge on any atom is 0.243 e. The zero-order chi connectivity index (χ0) is 15.8. The number of nitrogens with two attached hydrogens (primary N) is 1. The molecule has 8 heteroatoms. The van der Waals surface area contributed by atoms with Gasteiger partial charge in [0.05, 0.1) is 9.79 Å². The van der Waals surface area contributed by atoms with Crippen LogP contribution in [0.4, 0.5) is 0 Å². The monoisotopic (exact) mass is 332 g/mol. The van der Waals surface area contributed by atoms with Gasteiger partial charge in [-0.2, -0.15) is 4.31 Å². The van der Waals surface area contributed by atoms with Gasteiger partial charge in [0.2, 0.25) is 10.0 Å². The van der Waals surface area contributed by atoms with E-state index in [0.29, 0.717) is 5.92 Å². The van der Waals surface area contributed by atoms with Crippen molar-refractivity contribution >= 4 is 19.9 Å². The Bertz CT molecular complexity index is 707. The van der Waals surface area contributed by atoms with Crippen molar-refractivity contribution in [3.63, 3.8) is 0 Å². The zero-order valence-corrected chi connectivity index (χ0v) is 13.7. The van der Waals surface area contributed by atoms with Gasteiger partial charge in [0, 0.05) is 25.9 Å². The molecule has 0 saturated heterocycles. The van der Waals surface area contributed by atoms with E-state index in [1.807, 2.05) is 0 Å². The summed E-state index contributed by atoms with van der Waals surface area (Å²) in [6.45, 7) is 0.280. The molecular weight excluding hydrogens is 312 g/mol. The van der Waals surface area contributed by atoms with E-state index in [9.17, 15) is 16.8 Å². The Morgan fingerprint density at radius 3 is 2.00 bits per heavy atom. The molecule has 21 heavy (non-hydrogen) atoms. The van der Waals surface area contributed by atoms with Crippen molar-refractivity contribution in [1.82, 2.24) is 4.31 Å². The zero-order valence-electron chi connectivity index (χ0n) is 12.1. The molecule has 1 atom stereocenters. The van der Waals surface area contributed by atoms with Crippen molar-refractivity contribution in [3.8, 4) is 0 Å². The predicted octanol–water partition coefficient (Wildman–Crippen LogP) is 0.448. The summed E-state index contributed by atoms with van der Waals surface area (Å²) >= 11 is 0. The van der Waals surface area contributed by atoms with E-state index in [1.54, 1.807) is 0 Å². The highest BCUT2D eigenvalue weighted by Crippen LogP contribution is 2.36. The molecule has 0 bridgehead atoms. The standard InChI is InChI=1S/C13H20N2O4S2/c1-15(13(9-14)10-3-4-10)21(18,19)12-7-5-11(6-8-12)20(2,16)17/h5-8,10,13H,3-4,9,14H2,1-2H3. The second-order valence-corrected chi connectivity index (χ2v) is 9.42. The van der Waals surface area contributed by atoms with Gasteiger partial charge in [-0.15, -0.1) is 0 Å². The van der Waals surface area contributed by atoms with Crippen LogP contribution in [-0.2, 0) is 19.9 Å². The molecule has 0 amide bonds. The Kier molecular flexibility index (Phi) is 4.44. The molecule has 1 saturated carbocycles. The maximum absolute atomic E-state index is 12.5. The first-order valence-corrected chi connectivity index (χ1v) is 9.99. The van der Waals surface area contributed by atoms with Crippen molar-refractivity contribution < 1.29 is 16.8 Å². The Balaban J connectivity index is 2.30. The van der Waals surface area contributed by atoms with Crippen LogP contribution in [0.5, 0.6) is 0 Å². The summed E-state index contributed by atoms with van der Waals surface area (Å²) in [6.07, 6.45) is 3.07. The number of hydrogen-bond acceptors (Lipinski definition) is 5. The van der Waals surface area contributed by atoms with E-state index < -0.39 is 19.9 Å². The van der Waals surface area contributed by atoms with Crippen LogP contribution in [0.1, 0.15) is 12.8 Å². The minimum absolute atomic E-state index is 0.0801. The highest BCUT2D eigenvalue weighted by atomic mass is 32.2. The number of hydrogen-bond donors (Lipinski definition) is 1. The van der Waals surface area contributed by atoms with E-state index in [2.05, 4.69) is 0 Å². The van der Waals surface area contributed by atoms with Crippen LogP contribution in [-0.4, -0.2) is 47.0 Å². The molecule has 1 aromatic rings. The maximum atomic E-state index is 12.5. The van der Waals surface area contributed by atoms with Crippen molar-refractivity contribution in [3.05, 3.63) is 24.3 Å². The lowest BCUT2D eigenvalue weighted by Crippen LogP contribution is -2.43. The van der Waals surface area contributed by atoms with E-state index in [4.69, 9.17) is 5.73 Å². The smallest absolute Gasteiger partial charge is 0.243 e. The summed E-state index contributed by atoms with van der Waals surface area (Å²) in [5, 5.41) is 0. The first-order chi connectivity index (χ1) is 9.67. The number of rotatable bonds is 6. The summed E-state index contributed by atoms with van der Waals surface area (Å²) < 4.78 is 49.2. The van der Waals surface area contributed by atoms with Crippen LogP contribution in [0.2, 0.25) is 0 Å². The molecule has 1 unspecified atom stereocenters. The Labute approximate surface area is 125 Å². The Morgan fingerprint density at radius 1 is 1.14 bits per heavy atom. The van der Waals surface area contributed by atoms with E-state index in [0.717, 1.165) is 19.1 Å². The second kappa shape index (κ2) is 5.68. The van der Waals surface area contributed by atoms with Gasteiger partial charge in [0.1, 0.15) is 0 Å². The van der Waals surface area contributed by atoms with Crippen molar-refractivity contribution in [2.75, 3.05) is 19.8 Å². The summed E-state index contributed by atoms with van der Waals surface area (Å²) in [5.74, 6) is 0.324. The van der Waals surface area contributed by atoms with Gasteiger partial charge in [0.25, 0.3) is 0 Å². The average molecular weight is 332 g/mol. The number of likely N-dealkylation sites (N-methyl/N-ethyl adjacent to an activating group) is 1. The van der Waals surface area contributed by atoms with Gasteiger partial charge in [0.15, 0.2) is 9.84 Å². The highest BCUT2D eigenvalue weighted by molar-refractivity contribution is 7.90. The fourth-order valence-electron chi connectivity index (χ4n) is 2.32. The fourth-order valence-corrected chi connectivity index (χ4v) is 4.38. The molecule has 2 N–H and O–H groups in total. The second-order valence-electron chi connectivity index (χ2n) is 5.41. The molecule has 6 nitrogen and oxygen atoms in total. The summed E-state index contributed by atoms with van der Waals surface area (Å²) in [5.41, 5.74) is 5.69. The first-order valence-electron chi connectivity index (χ1n) is 6.66. The summed E-state index contributed by atoms with van der Waals surface area (Å²) in [4.78, 5) is 0.179. The molecule has 2 rings (SSSR count). The van der Waals surface area contributed by atoms with Crippen LogP contribution in [0, 0.1) is 5.92 Å². The molecule has 0 aromatic heterocycles. The van der Waals surface area contributed by atoms with E-state index in [1.165, 1.54) is 35.6 Å². The largest absolute Gasteiger partial charge is 0.329 e. The lowest BCUT2D eigenvalue weighted by molar-refractivity contribution is 0.340. The van der Waals surface area contributed by atoms with Gasteiger partial charge >= 0.3 is 0 Å². The van der Waals surface area contributed by atoms with Crippen LogP contribution in [0.25, 0.3) is 0 Å². The summed E-state index contributed by atoms with van der Waals surface area (Å²) in [6, 6.07) is 5.06. The molecule has 1 aliphatic rings. The van der Waals surface area contributed by atoms with Gasteiger partial charge in [-0.05, 0) is 43.0 Å². The molecule has 1 aliphatic carbocycles. The van der Waals surface area contributed by atoms with Crippen LogP contribution in [0.3, 0.4) is 0 Å². The first kappa shape index (κ1) is 16.4. The fraction of sp³-hybridized carbons (Fsp3) is 0.538. The predicted molar refractivity (Wildman–Crippen MR) is 80.1 cm³/mol. The van der Waals surface area contributed by atoms with Crippen molar-refractivity contribution in [1.29, 1.82) is 0 Å². The van der Waals surface area contributed by atoms with Gasteiger partial charge in [-0.1, -0.05) is 0 Å².